The number of nitrogens with one attached hydrogen (secondary N) is 1. The van der Waals surface area contributed by atoms with Crippen LogP contribution >= 0.6 is 0 Å². The van der Waals surface area contributed by atoms with Crippen LogP contribution in [0.5, 0.6) is 0 Å². The molecule has 0 spiro atoms. The maximum absolute atomic E-state index is 12.0. The number of amides is 1. The maximum Gasteiger partial charge on any atom is 0.236 e. The molecule has 178 valence electrons. The number of nitrogens with zero attached hydrogens (tertiary/aromatic N) is 6. The average Bonchev–Trinajstić information content (AvgIpc) is 3.45. The molecule has 2 fully saturated rings. The first-order chi connectivity index (χ1) is 16.1. The quantitative estimate of drug-likeness (QED) is 0.601. The predicted molar refractivity (Wildman–Crippen MR) is 132 cm³/mol. The van der Waals surface area contributed by atoms with Crippen molar-refractivity contribution in [3.8, 4) is 11.9 Å². The Hall–Kier alpha value is -3.64. The number of carbonyl (C=O) groups is 1. The first-order valence-electron chi connectivity index (χ1n) is 11.4. The van der Waals surface area contributed by atoms with Crippen molar-refractivity contribution in [2.24, 2.45) is 0 Å². The van der Waals surface area contributed by atoms with Crippen LogP contribution in [0.15, 0.2) is 42.7 Å². The summed E-state index contributed by atoms with van der Waals surface area (Å²) >= 11 is 0. The standard InChI is InChI=1S/C24H27N7O2.CH4/c25-9-6-23(33)30-14-12-29(13-15-30)20-2-1-3-21-19(20)8-11-31(21)22-7-10-26-24(28-22)27-17-4-5-18(32)16-17;/h1-3,7-8,10-11,17-18,32H,4-6,12-16H2,(H,26,27,28);1H4/t17-,18-;/m1./s1. The molecule has 0 unspecified atom stereocenters. The molecular weight excluding hydrogens is 430 g/mol. The first-order valence-corrected chi connectivity index (χ1v) is 11.4. The van der Waals surface area contributed by atoms with Gasteiger partial charge in [-0.15, -0.1) is 0 Å². The molecule has 0 bridgehead atoms. The van der Waals surface area contributed by atoms with Gasteiger partial charge in [-0.3, -0.25) is 4.79 Å². The van der Waals surface area contributed by atoms with Crippen LogP contribution in [-0.2, 0) is 4.79 Å². The van der Waals surface area contributed by atoms with E-state index in [4.69, 9.17) is 10.2 Å². The Kier molecular flexibility index (Phi) is 6.98. The molecule has 0 radical (unpaired) electrons. The predicted octanol–water partition coefficient (Wildman–Crippen LogP) is 2.94. The number of fused-ring (bicyclic) bond motifs is 1. The van der Waals surface area contributed by atoms with Gasteiger partial charge in [0.2, 0.25) is 11.9 Å². The van der Waals surface area contributed by atoms with E-state index in [-0.39, 0.29) is 31.9 Å². The van der Waals surface area contributed by atoms with Crippen molar-refractivity contribution in [1.29, 1.82) is 5.26 Å². The highest BCUT2D eigenvalue weighted by Crippen LogP contribution is 2.30. The molecule has 1 saturated carbocycles. The van der Waals surface area contributed by atoms with E-state index in [1.807, 2.05) is 24.4 Å². The zero-order valence-corrected chi connectivity index (χ0v) is 18.4. The number of piperazine rings is 1. The minimum Gasteiger partial charge on any atom is -0.393 e. The van der Waals surface area contributed by atoms with E-state index in [0.717, 1.165) is 54.8 Å². The highest BCUT2D eigenvalue weighted by atomic mass is 16.3. The number of rotatable bonds is 5. The molecule has 5 rings (SSSR count). The van der Waals surface area contributed by atoms with Gasteiger partial charge in [-0.05, 0) is 43.5 Å². The number of nitriles is 1. The minimum atomic E-state index is -0.246. The molecule has 2 atom stereocenters. The average molecular weight is 462 g/mol. The lowest BCUT2D eigenvalue weighted by Gasteiger charge is -2.36. The largest absolute Gasteiger partial charge is 0.393 e. The summed E-state index contributed by atoms with van der Waals surface area (Å²) in [5, 5.41) is 23.0. The van der Waals surface area contributed by atoms with Crippen molar-refractivity contribution in [3.05, 3.63) is 42.7 Å². The summed E-state index contributed by atoms with van der Waals surface area (Å²) in [7, 11) is 0. The number of aliphatic hydroxyl groups is 1. The molecule has 2 N–H and O–H groups in total. The van der Waals surface area contributed by atoms with Crippen LogP contribution < -0.4 is 10.2 Å². The van der Waals surface area contributed by atoms with Gasteiger partial charge in [-0.2, -0.15) is 10.2 Å². The Morgan fingerprint density at radius 3 is 2.74 bits per heavy atom. The smallest absolute Gasteiger partial charge is 0.236 e. The van der Waals surface area contributed by atoms with Crippen molar-refractivity contribution in [2.45, 2.75) is 45.3 Å². The summed E-state index contributed by atoms with van der Waals surface area (Å²) in [6.45, 7) is 2.70. The summed E-state index contributed by atoms with van der Waals surface area (Å²) in [6, 6.07) is 12.4. The van der Waals surface area contributed by atoms with E-state index in [2.05, 4.69) is 38.0 Å². The Morgan fingerprint density at radius 1 is 1.18 bits per heavy atom. The number of anilines is 2. The fourth-order valence-electron chi connectivity index (χ4n) is 4.83. The van der Waals surface area contributed by atoms with Crippen LogP contribution in [0.2, 0.25) is 0 Å². The molecule has 1 aliphatic heterocycles. The third kappa shape index (κ3) is 4.68. The molecule has 34 heavy (non-hydrogen) atoms. The van der Waals surface area contributed by atoms with E-state index in [1.165, 1.54) is 0 Å². The second-order valence-electron chi connectivity index (χ2n) is 8.64. The molecular formula is C25H31N7O2. The lowest BCUT2D eigenvalue weighted by atomic mass is 10.1. The lowest BCUT2D eigenvalue weighted by Crippen LogP contribution is -2.48. The highest BCUT2D eigenvalue weighted by molar-refractivity contribution is 5.94. The van der Waals surface area contributed by atoms with Crippen molar-refractivity contribution in [2.75, 3.05) is 36.4 Å². The zero-order valence-electron chi connectivity index (χ0n) is 18.4. The van der Waals surface area contributed by atoms with Crippen LogP contribution in [0, 0.1) is 11.3 Å². The van der Waals surface area contributed by atoms with E-state index in [9.17, 15) is 9.90 Å². The van der Waals surface area contributed by atoms with Gasteiger partial charge in [-0.25, -0.2) is 4.98 Å². The Labute approximate surface area is 199 Å². The maximum atomic E-state index is 12.0. The number of aromatic nitrogens is 3. The number of aliphatic hydroxyl groups excluding tert-OH is 1. The molecule has 2 aliphatic rings. The van der Waals surface area contributed by atoms with Crippen molar-refractivity contribution in [1.82, 2.24) is 19.4 Å². The van der Waals surface area contributed by atoms with Crippen LogP contribution in [0.25, 0.3) is 16.7 Å². The SMILES string of the molecule is C.N#CCC(=O)N1CCN(c2cccc3c2ccn3-c2ccnc(N[C@@H]3CC[C@@H](O)C3)n2)CC1. The molecule has 1 amide bonds. The van der Waals surface area contributed by atoms with Crippen molar-refractivity contribution in [3.63, 3.8) is 0 Å². The summed E-state index contributed by atoms with van der Waals surface area (Å²) in [4.78, 5) is 25.2. The van der Waals surface area contributed by atoms with E-state index in [0.29, 0.717) is 19.0 Å². The molecule has 3 heterocycles. The summed E-state index contributed by atoms with van der Waals surface area (Å²) in [5.74, 6) is 1.26. The molecule has 9 nitrogen and oxygen atoms in total. The summed E-state index contributed by atoms with van der Waals surface area (Å²) < 4.78 is 2.06. The second kappa shape index (κ2) is 10.1. The number of hydrogen-bond donors (Lipinski definition) is 2. The van der Waals surface area contributed by atoms with Gasteiger partial charge in [0.15, 0.2) is 0 Å². The minimum absolute atomic E-state index is 0. The van der Waals surface area contributed by atoms with Gasteiger partial charge < -0.3 is 24.8 Å². The van der Waals surface area contributed by atoms with Crippen molar-refractivity contribution >= 4 is 28.4 Å². The van der Waals surface area contributed by atoms with Gasteiger partial charge >= 0.3 is 0 Å². The number of benzene rings is 1. The molecule has 3 aromatic rings. The third-order valence-electron chi connectivity index (χ3n) is 6.54. The third-order valence-corrected chi connectivity index (χ3v) is 6.54. The Bertz CT molecular complexity index is 1190. The second-order valence-corrected chi connectivity index (χ2v) is 8.64. The normalized spacial score (nSPS) is 20.1. The van der Waals surface area contributed by atoms with Gasteiger partial charge in [0.1, 0.15) is 12.2 Å². The lowest BCUT2D eigenvalue weighted by molar-refractivity contribution is -0.130. The topological polar surface area (TPSA) is 110 Å². The summed E-state index contributed by atoms with van der Waals surface area (Å²) in [6.07, 6.45) is 5.91. The van der Waals surface area contributed by atoms with Gasteiger partial charge in [0.05, 0.1) is 17.7 Å². The fraction of sp³-hybridized carbons (Fsp3) is 0.440. The monoisotopic (exact) mass is 461 g/mol. The van der Waals surface area contributed by atoms with Crippen LogP contribution in [0.1, 0.15) is 33.1 Å². The van der Waals surface area contributed by atoms with Gasteiger partial charge in [0.25, 0.3) is 0 Å². The highest BCUT2D eigenvalue weighted by Gasteiger charge is 2.24. The fourth-order valence-corrected chi connectivity index (χ4v) is 4.83. The number of hydrogen-bond acceptors (Lipinski definition) is 7. The van der Waals surface area contributed by atoms with Crippen LogP contribution in [0.4, 0.5) is 11.6 Å². The number of carbonyl (C=O) groups excluding carboxylic acids is 1. The molecule has 1 aliphatic carbocycles. The van der Waals surface area contributed by atoms with Gasteiger partial charge in [-0.1, -0.05) is 13.5 Å². The Balaban J connectivity index is 0.00000274. The summed E-state index contributed by atoms with van der Waals surface area (Å²) in [5.41, 5.74) is 2.18. The molecule has 2 aromatic heterocycles. The van der Waals surface area contributed by atoms with E-state index in [1.54, 1.807) is 11.1 Å². The van der Waals surface area contributed by atoms with E-state index < -0.39 is 0 Å². The Morgan fingerprint density at radius 2 is 2.00 bits per heavy atom. The molecule has 1 aromatic carbocycles. The van der Waals surface area contributed by atoms with Crippen LogP contribution in [-0.4, -0.2) is 68.8 Å². The molecule has 1 saturated heterocycles. The molecule has 9 heteroatoms. The first kappa shape index (κ1) is 23.5. The van der Waals surface area contributed by atoms with Crippen LogP contribution in [0.3, 0.4) is 0 Å². The van der Waals surface area contributed by atoms with E-state index >= 15 is 0 Å². The van der Waals surface area contributed by atoms with Crippen molar-refractivity contribution < 1.29 is 9.90 Å². The zero-order chi connectivity index (χ0) is 22.8. The van der Waals surface area contributed by atoms with Gasteiger partial charge in [0, 0.05) is 55.7 Å².